The van der Waals surface area contributed by atoms with Gasteiger partial charge in [-0.3, -0.25) is 4.79 Å². The quantitative estimate of drug-likeness (QED) is 0.616. The first-order chi connectivity index (χ1) is 13.9. The number of hydrogen-bond donors (Lipinski definition) is 0. The van der Waals surface area contributed by atoms with Crippen LogP contribution in [0.3, 0.4) is 0 Å². The highest BCUT2D eigenvalue weighted by Gasteiger charge is 2.32. The molecule has 1 amide bonds. The molecule has 0 radical (unpaired) electrons. The van der Waals surface area contributed by atoms with Gasteiger partial charge < -0.3 is 4.90 Å². The van der Waals surface area contributed by atoms with Crippen molar-refractivity contribution in [1.29, 1.82) is 0 Å². The molecule has 7 heteroatoms. The van der Waals surface area contributed by atoms with E-state index < -0.39 is 10.0 Å². The van der Waals surface area contributed by atoms with E-state index in [-0.39, 0.29) is 23.4 Å². The minimum atomic E-state index is -3.75. The summed E-state index contributed by atoms with van der Waals surface area (Å²) >= 11 is 1.73. The summed E-state index contributed by atoms with van der Waals surface area (Å²) in [7, 11) is -2.27. The third-order valence-corrected chi connectivity index (χ3v) is 8.38. The van der Waals surface area contributed by atoms with Gasteiger partial charge in [0, 0.05) is 18.5 Å². The maximum absolute atomic E-state index is 13.1. The largest absolute Gasteiger partial charge is 0.334 e. The number of thiophene rings is 1. The minimum Gasteiger partial charge on any atom is -0.334 e. The number of amides is 1. The zero-order chi connectivity index (χ0) is 20.6. The molecule has 1 aliphatic heterocycles. The van der Waals surface area contributed by atoms with Crippen molar-refractivity contribution < 1.29 is 13.2 Å². The average molecular weight is 429 g/mol. The first kappa shape index (κ1) is 20.1. The zero-order valence-corrected chi connectivity index (χ0v) is 18.2. The standard InChI is InChI=1S/C22H24N2O3S2/c1-3-20-19-11-13-28-21(19)10-12-24(20)22(25)15-23(2)29(26,27)18-9-8-16-6-4-5-7-17(16)14-18/h4-9,11,13-14,20H,3,10,12,15H2,1-2H3. The second kappa shape index (κ2) is 7.89. The highest BCUT2D eigenvalue weighted by atomic mass is 32.2. The van der Waals surface area contributed by atoms with Gasteiger partial charge >= 0.3 is 0 Å². The van der Waals surface area contributed by atoms with E-state index >= 15 is 0 Å². The molecule has 0 spiro atoms. The molecule has 29 heavy (non-hydrogen) atoms. The summed E-state index contributed by atoms with van der Waals surface area (Å²) in [6.45, 7) is 2.53. The van der Waals surface area contributed by atoms with Gasteiger partial charge in [0.2, 0.25) is 15.9 Å². The number of fused-ring (bicyclic) bond motifs is 2. The Balaban J connectivity index is 1.54. The number of sulfonamides is 1. The molecule has 152 valence electrons. The second-order valence-corrected chi connectivity index (χ2v) is 10.4. The molecule has 2 aromatic carbocycles. The number of hydrogen-bond acceptors (Lipinski definition) is 4. The fraction of sp³-hybridized carbons (Fsp3) is 0.318. The van der Waals surface area contributed by atoms with Crippen molar-refractivity contribution in [2.75, 3.05) is 20.1 Å². The van der Waals surface area contributed by atoms with E-state index in [1.807, 2.05) is 29.2 Å². The summed E-state index contributed by atoms with van der Waals surface area (Å²) in [5, 5.41) is 3.91. The Hall–Kier alpha value is -2.22. The fourth-order valence-electron chi connectivity index (χ4n) is 4.01. The first-order valence-corrected chi connectivity index (χ1v) is 12.0. The van der Waals surface area contributed by atoms with E-state index in [9.17, 15) is 13.2 Å². The Labute approximate surface area is 175 Å². The average Bonchev–Trinajstić information content (AvgIpc) is 3.21. The van der Waals surface area contributed by atoms with Crippen molar-refractivity contribution in [2.45, 2.75) is 30.7 Å². The van der Waals surface area contributed by atoms with Gasteiger partial charge in [-0.1, -0.05) is 37.3 Å². The summed E-state index contributed by atoms with van der Waals surface area (Å²) in [5.74, 6) is -0.152. The molecule has 0 aliphatic carbocycles. The molecule has 0 N–H and O–H groups in total. The molecule has 5 nitrogen and oxygen atoms in total. The van der Waals surface area contributed by atoms with Gasteiger partial charge in [-0.2, -0.15) is 4.31 Å². The summed E-state index contributed by atoms with van der Waals surface area (Å²) < 4.78 is 27.3. The molecule has 3 aromatic rings. The van der Waals surface area contributed by atoms with E-state index in [1.165, 1.54) is 17.5 Å². The van der Waals surface area contributed by atoms with Crippen molar-refractivity contribution in [3.8, 4) is 0 Å². The topological polar surface area (TPSA) is 57.7 Å². The van der Waals surface area contributed by atoms with Gasteiger partial charge in [0.1, 0.15) is 0 Å². The van der Waals surface area contributed by atoms with Crippen LogP contribution in [0.25, 0.3) is 10.8 Å². The van der Waals surface area contributed by atoms with Gasteiger partial charge in [0.05, 0.1) is 17.5 Å². The number of nitrogens with zero attached hydrogens (tertiary/aromatic N) is 2. The van der Waals surface area contributed by atoms with E-state index in [1.54, 1.807) is 29.5 Å². The van der Waals surface area contributed by atoms with Gasteiger partial charge in [0.15, 0.2) is 0 Å². The lowest BCUT2D eigenvalue weighted by Crippen LogP contribution is -2.45. The first-order valence-electron chi connectivity index (χ1n) is 9.72. The van der Waals surface area contributed by atoms with Crippen LogP contribution in [-0.4, -0.2) is 43.7 Å². The van der Waals surface area contributed by atoms with Crippen LogP contribution in [0.15, 0.2) is 58.8 Å². The number of benzene rings is 2. The predicted molar refractivity (Wildman–Crippen MR) is 117 cm³/mol. The molecule has 0 bridgehead atoms. The predicted octanol–water partition coefficient (Wildman–Crippen LogP) is 4.06. The Morgan fingerprint density at radius 1 is 1.17 bits per heavy atom. The van der Waals surface area contributed by atoms with Crippen LogP contribution < -0.4 is 0 Å². The monoisotopic (exact) mass is 428 g/mol. The van der Waals surface area contributed by atoms with Crippen molar-refractivity contribution in [2.24, 2.45) is 0 Å². The second-order valence-electron chi connectivity index (χ2n) is 7.33. The SMILES string of the molecule is CCC1c2ccsc2CCN1C(=O)CN(C)S(=O)(=O)c1ccc2ccccc2c1. The van der Waals surface area contributed by atoms with E-state index in [4.69, 9.17) is 0 Å². The fourth-order valence-corrected chi connectivity index (χ4v) is 6.09. The highest BCUT2D eigenvalue weighted by molar-refractivity contribution is 7.89. The Bertz CT molecular complexity index is 1150. The smallest absolute Gasteiger partial charge is 0.243 e. The molecular formula is C22H24N2O3S2. The number of likely N-dealkylation sites (N-methyl/N-ethyl adjacent to an activating group) is 1. The van der Waals surface area contributed by atoms with Crippen LogP contribution >= 0.6 is 11.3 Å². The minimum absolute atomic E-state index is 0.0225. The molecule has 4 rings (SSSR count). The number of rotatable bonds is 5. The van der Waals surface area contributed by atoms with Crippen LogP contribution in [0.2, 0.25) is 0 Å². The van der Waals surface area contributed by atoms with Crippen LogP contribution in [0.5, 0.6) is 0 Å². The molecule has 1 atom stereocenters. The molecule has 1 aromatic heterocycles. The van der Waals surface area contributed by atoms with Crippen LogP contribution in [0, 0.1) is 0 Å². The highest BCUT2D eigenvalue weighted by Crippen LogP contribution is 2.35. The van der Waals surface area contributed by atoms with Crippen molar-refractivity contribution >= 4 is 38.0 Å². The van der Waals surface area contributed by atoms with Gasteiger partial charge in [-0.05, 0) is 52.8 Å². The summed E-state index contributed by atoms with van der Waals surface area (Å²) in [4.78, 5) is 16.4. The molecule has 0 saturated carbocycles. The van der Waals surface area contributed by atoms with Crippen molar-refractivity contribution in [1.82, 2.24) is 9.21 Å². The number of carbonyl (C=O) groups is 1. The van der Waals surface area contributed by atoms with Gasteiger partial charge in [-0.25, -0.2) is 8.42 Å². The zero-order valence-electron chi connectivity index (χ0n) is 16.5. The van der Waals surface area contributed by atoms with E-state index in [0.29, 0.717) is 6.54 Å². The summed E-state index contributed by atoms with van der Waals surface area (Å²) in [6, 6.07) is 14.8. The van der Waals surface area contributed by atoms with E-state index in [2.05, 4.69) is 18.4 Å². The summed E-state index contributed by atoms with van der Waals surface area (Å²) in [6.07, 6.45) is 1.65. The third kappa shape index (κ3) is 3.70. The van der Waals surface area contributed by atoms with Crippen LogP contribution in [0.4, 0.5) is 0 Å². The molecule has 2 heterocycles. The Morgan fingerprint density at radius 3 is 2.69 bits per heavy atom. The Morgan fingerprint density at radius 2 is 1.93 bits per heavy atom. The third-order valence-electron chi connectivity index (χ3n) is 5.59. The summed E-state index contributed by atoms with van der Waals surface area (Å²) in [5.41, 5.74) is 1.21. The Kier molecular flexibility index (Phi) is 5.46. The van der Waals surface area contributed by atoms with Crippen molar-refractivity contribution in [3.63, 3.8) is 0 Å². The lowest BCUT2D eigenvalue weighted by atomic mass is 9.98. The number of carbonyl (C=O) groups excluding carboxylic acids is 1. The van der Waals surface area contributed by atoms with Crippen LogP contribution in [-0.2, 0) is 21.2 Å². The maximum Gasteiger partial charge on any atom is 0.243 e. The van der Waals surface area contributed by atoms with Crippen molar-refractivity contribution in [3.05, 3.63) is 64.4 Å². The molecule has 1 aliphatic rings. The normalized spacial score (nSPS) is 16.9. The maximum atomic E-state index is 13.1. The van der Waals surface area contributed by atoms with Gasteiger partial charge in [0.25, 0.3) is 0 Å². The lowest BCUT2D eigenvalue weighted by molar-refractivity contribution is -0.134. The van der Waals surface area contributed by atoms with Crippen LogP contribution in [0.1, 0.15) is 29.8 Å². The molecule has 0 fully saturated rings. The van der Waals surface area contributed by atoms with E-state index in [0.717, 1.165) is 27.9 Å². The molecular weight excluding hydrogens is 404 g/mol. The van der Waals surface area contributed by atoms with Gasteiger partial charge in [-0.15, -0.1) is 11.3 Å². The lowest BCUT2D eigenvalue weighted by Gasteiger charge is -2.36. The molecule has 0 saturated heterocycles. The molecule has 1 unspecified atom stereocenters.